The Balaban J connectivity index is 2.20. The molecule has 1 amide bonds. The molecule has 3 N–H and O–H groups in total. The molecule has 0 saturated heterocycles. The minimum atomic E-state index is -1.32. The first-order chi connectivity index (χ1) is 11.5. The smallest absolute Gasteiger partial charge is 0.264 e. The molecule has 0 fully saturated rings. The van der Waals surface area contributed by atoms with E-state index in [1.807, 2.05) is 13.8 Å². The van der Waals surface area contributed by atoms with Crippen LogP contribution in [0, 0.1) is 20.8 Å². The Labute approximate surface area is 146 Å². The van der Waals surface area contributed by atoms with Crippen molar-refractivity contribution < 1.29 is 14.3 Å². The minimum absolute atomic E-state index is 0.0414. The molecule has 0 bridgehead atoms. The number of hydrogen-bond donors (Lipinski definition) is 3. The highest BCUT2D eigenvalue weighted by Gasteiger charge is 2.29. The lowest BCUT2D eigenvalue weighted by molar-refractivity contribution is 0.0513. The second-order valence-corrected chi connectivity index (χ2v) is 6.85. The number of aromatic amines is 1. The molecule has 0 spiro atoms. The van der Waals surface area contributed by atoms with Crippen LogP contribution in [-0.2, 0) is 5.60 Å². The van der Waals surface area contributed by atoms with Crippen LogP contribution in [0.25, 0.3) is 0 Å². The van der Waals surface area contributed by atoms with Crippen LogP contribution in [0.3, 0.4) is 0 Å². The molecule has 2 aromatic heterocycles. The van der Waals surface area contributed by atoms with Crippen LogP contribution in [0.4, 0.5) is 0 Å². The number of furan rings is 1. The molecule has 0 aliphatic heterocycles. The number of carbonyl (C=O) groups excluding carboxylic acids is 1. The lowest BCUT2D eigenvalue weighted by Gasteiger charge is -2.23. The minimum Gasteiger partial charge on any atom is -0.466 e. The van der Waals surface area contributed by atoms with Crippen LogP contribution in [-0.4, -0.2) is 27.5 Å². The quantitative estimate of drug-likeness (QED) is 0.767. The van der Waals surface area contributed by atoms with Gasteiger partial charge in [0.15, 0.2) is 0 Å². The van der Waals surface area contributed by atoms with Gasteiger partial charge in [0.2, 0.25) is 0 Å². The van der Waals surface area contributed by atoms with Gasteiger partial charge in [-0.3, -0.25) is 9.59 Å². The van der Waals surface area contributed by atoms with Crippen LogP contribution in [0.15, 0.2) is 15.3 Å². The fraction of sp³-hybridized carbons (Fsp3) is 0.500. The number of rotatable bonds is 5. The normalized spacial score (nSPS) is 13.8. The Bertz CT molecular complexity index is 846. The van der Waals surface area contributed by atoms with Gasteiger partial charge in [0.05, 0.1) is 12.2 Å². The molecular weight excluding hydrogens is 322 g/mol. The fourth-order valence-corrected chi connectivity index (χ4v) is 2.75. The fourth-order valence-electron chi connectivity index (χ4n) is 2.75. The van der Waals surface area contributed by atoms with Crippen molar-refractivity contribution in [1.82, 2.24) is 15.3 Å². The zero-order valence-corrected chi connectivity index (χ0v) is 15.5. The molecule has 0 aromatic carbocycles. The van der Waals surface area contributed by atoms with Crippen molar-refractivity contribution in [3.8, 4) is 0 Å². The monoisotopic (exact) mass is 347 g/mol. The largest absolute Gasteiger partial charge is 0.466 e. The van der Waals surface area contributed by atoms with Gasteiger partial charge in [0.25, 0.3) is 11.5 Å². The summed E-state index contributed by atoms with van der Waals surface area (Å²) in [6, 6.07) is 1.73. The molecule has 2 aromatic rings. The van der Waals surface area contributed by atoms with E-state index in [-0.39, 0.29) is 18.0 Å². The van der Waals surface area contributed by atoms with E-state index >= 15 is 0 Å². The summed E-state index contributed by atoms with van der Waals surface area (Å²) in [4.78, 5) is 31.6. The molecular formula is C18H25N3O4. The first-order valence-electron chi connectivity index (χ1n) is 8.22. The van der Waals surface area contributed by atoms with Crippen molar-refractivity contribution in [3.05, 3.63) is 50.6 Å². The highest BCUT2D eigenvalue weighted by Crippen LogP contribution is 2.26. The van der Waals surface area contributed by atoms with Crippen molar-refractivity contribution in [2.24, 2.45) is 0 Å². The Morgan fingerprint density at radius 3 is 2.52 bits per heavy atom. The highest BCUT2D eigenvalue weighted by molar-refractivity contribution is 5.94. The molecule has 1 atom stereocenters. The number of aromatic nitrogens is 2. The summed E-state index contributed by atoms with van der Waals surface area (Å²) in [7, 11) is 0. The van der Waals surface area contributed by atoms with E-state index in [9.17, 15) is 14.7 Å². The summed E-state index contributed by atoms with van der Waals surface area (Å²) in [5, 5.41) is 13.3. The van der Waals surface area contributed by atoms with Crippen molar-refractivity contribution in [1.29, 1.82) is 0 Å². The van der Waals surface area contributed by atoms with Gasteiger partial charge in [-0.05, 0) is 33.8 Å². The Morgan fingerprint density at radius 2 is 2.04 bits per heavy atom. The summed E-state index contributed by atoms with van der Waals surface area (Å²) < 4.78 is 5.43. The van der Waals surface area contributed by atoms with E-state index in [4.69, 9.17) is 4.42 Å². The molecule has 2 heterocycles. The molecule has 0 radical (unpaired) electrons. The molecule has 7 nitrogen and oxygen atoms in total. The van der Waals surface area contributed by atoms with E-state index in [1.165, 1.54) is 0 Å². The average Bonchev–Trinajstić information content (AvgIpc) is 2.84. The highest BCUT2D eigenvalue weighted by atomic mass is 16.3. The average molecular weight is 347 g/mol. The van der Waals surface area contributed by atoms with Gasteiger partial charge in [-0.25, -0.2) is 4.98 Å². The second kappa shape index (κ2) is 6.84. The third kappa shape index (κ3) is 3.99. The molecule has 0 aliphatic rings. The van der Waals surface area contributed by atoms with Gasteiger partial charge < -0.3 is 19.8 Å². The topological polar surface area (TPSA) is 108 Å². The first kappa shape index (κ1) is 18.9. The maximum Gasteiger partial charge on any atom is 0.264 e. The third-order valence-corrected chi connectivity index (χ3v) is 4.11. The summed E-state index contributed by atoms with van der Waals surface area (Å²) >= 11 is 0. The number of carbonyl (C=O) groups is 1. The molecule has 25 heavy (non-hydrogen) atoms. The zero-order chi connectivity index (χ0) is 18.9. The number of nitrogens with one attached hydrogen (secondary N) is 2. The van der Waals surface area contributed by atoms with Crippen molar-refractivity contribution >= 4 is 5.91 Å². The van der Waals surface area contributed by atoms with Crippen LogP contribution in [0.1, 0.15) is 65.6 Å². The van der Waals surface area contributed by atoms with Crippen LogP contribution in [0.5, 0.6) is 0 Å². The lowest BCUT2D eigenvalue weighted by Crippen LogP contribution is -2.41. The van der Waals surface area contributed by atoms with E-state index < -0.39 is 17.1 Å². The predicted octanol–water partition coefficient (Wildman–Crippen LogP) is 2.05. The number of H-pyrrole nitrogens is 1. The summed E-state index contributed by atoms with van der Waals surface area (Å²) in [6.45, 7) is 10.5. The van der Waals surface area contributed by atoms with E-state index in [1.54, 1.807) is 33.8 Å². The molecule has 2 rings (SSSR count). The van der Waals surface area contributed by atoms with Gasteiger partial charge in [-0.1, -0.05) is 13.8 Å². The van der Waals surface area contributed by atoms with Gasteiger partial charge in [-0.15, -0.1) is 0 Å². The molecule has 0 aliphatic carbocycles. The van der Waals surface area contributed by atoms with Crippen molar-refractivity contribution in [3.63, 3.8) is 0 Å². The van der Waals surface area contributed by atoms with Gasteiger partial charge in [0, 0.05) is 11.5 Å². The van der Waals surface area contributed by atoms with Gasteiger partial charge in [0.1, 0.15) is 28.5 Å². The molecule has 136 valence electrons. The predicted molar refractivity (Wildman–Crippen MR) is 93.8 cm³/mol. The maximum atomic E-state index is 12.4. The Morgan fingerprint density at radius 1 is 1.40 bits per heavy atom. The van der Waals surface area contributed by atoms with E-state index in [2.05, 4.69) is 15.3 Å². The Kier molecular flexibility index (Phi) is 5.17. The van der Waals surface area contributed by atoms with Crippen LogP contribution >= 0.6 is 0 Å². The van der Waals surface area contributed by atoms with Crippen molar-refractivity contribution in [2.75, 3.05) is 6.54 Å². The molecule has 0 unspecified atom stereocenters. The molecule has 0 saturated carbocycles. The summed E-state index contributed by atoms with van der Waals surface area (Å²) in [5.41, 5.74) is -0.878. The number of aliphatic hydroxyl groups is 1. The summed E-state index contributed by atoms with van der Waals surface area (Å²) in [6.07, 6.45) is 0. The SMILES string of the molecule is Cc1cc([C@](C)(O)CNC(=O)c2c(C)nc(C(C)C)[nH]c2=O)c(C)o1. The Hall–Kier alpha value is -2.41. The number of amides is 1. The van der Waals surface area contributed by atoms with Crippen LogP contribution in [0.2, 0.25) is 0 Å². The first-order valence-corrected chi connectivity index (χ1v) is 8.22. The third-order valence-electron chi connectivity index (χ3n) is 4.11. The number of nitrogens with zero attached hydrogens (tertiary/aromatic N) is 1. The maximum absolute atomic E-state index is 12.4. The summed E-state index contributed by atoms with van der Waals surface area (Å²) in [5.74, 6) is 1.29. The van der Waals surface area contributed by atoms with Gasteiger partial charge in [-0.2, -0.15) is 0 Å². The van der Waals surface area contributed by atoms with Crippen molar-refractivity contribution in [2.45, 2.75) is 53.1 Å². The lowest BCUT2D eigenvalue weighted by atomic mass is 9.96. The second-order valence-electron chi connectivity index (χ2n) is 6.85. The van der Waals surface area contributed by atoms with E-state index in [0.29, 0.717) is 28.6 Å². The zero-order valence-electron chi connectivity index (χ0n) is 15.5. The van der Waals surface area contributed by atoms with E-state index in [0.717, 1.165) is 0 Å². The standard InChI is InChI=1S/C18H25N3O4/c1-9(2)15-20-11(4)14(17(23)21-15)16(22)19-8-18(6,24)13-7-10(3)25-12(13)5/h7,9,24H,8H2,1-6H3,(H,19,22)(H,20,21,23)/t18-/m1/s1. The van der Waals surface area contributed by atoms with Crippen LogP contribution < -0.4 is 10.9 Å². The number of hydrogen-bond acceptors (Lipinski definition) is 5. The van der Waals surface area contributed by atoms with Gasteiger partial charge >= 0.3 is 0 Å². The number of aryl methyl sites for hydroxylation is 3. The molecule has 7 heteroatoms.